The molecule has 0 bridgehead atoms. The summed E-state index contributed by atoms with van der Waals surface area (Å²) in [7, 11) is 1.55. The molecule has 110 valence electrons. The van der Waals surface area contributed by atoms with Crippen LogP contribution in [0.15, 0.2) is 18.2 Å². The first-order valence-electron chi connectivity index (χ1n) is 6.54. The van der Waals surface area contributed by atoms with Crippen molar-refractivity contribution < 1.29 is 14.3 Å². The van der Waals surface area contributed by atoms with Crippen LogP contribution < -0.4 is 10.1 Å². The molecule has 0 aromatic heterocycles. The summed E-state index contributed by atoms with van der Waals surface area (Å²) in [4.78, 5) is 14.0. The summed E-state index contributed by atoms with van der Waals surface area (Å²) in [5, 5.41) is 3.38. The summed E-state index contributed by atoms with van der Waals surface area (Å²) >= 11 is 5.95. The van der Waals surface area contributed by atoms with E-state index in [-0.39, 0.29) is 18.2 Å². The average molecular weight is 299 g/mol. The van der Waals surface area contributed by atoms with Gasteiger partial charge >= 0.3 is 6.03 Å². The Kier molecular flexibility index (Phi) is 4.73. The van der Waals surface area contributed by atoms with Crippen LogP contribution in [0.3, 0.4) is 0 Å². The summed E-state index contributed by atoms with van der Waals surface area (Å²) in [6.07, 6.45) is 0.0662. The lowest BCUT2D eigenvalue weighted by molar-refractivity contribution is -0.0530. The largest absolute Gasteiger partial charge is 0.495 e. The maximum atomic E-state index is 12.3. The SMILES string of the molecule is COc1ccc(Cl)cc1NC(=O)N1C[C@@H](C)O[C@@H](C)C1. The molecular weight excluding hydrogens is 280 g/mol. The van der Waals surface area contributed by atoms with Crippen molar-refractivity contribution in [2.75, 3.05) is 25.5 Å². The second-order valence-electron chi connectivity index (χ2n) is 4.94. The molecule has 0 spiro atoms. The first-order chi connectivity index (χ1) is 9.49. The molecular formula is C14H19ClN2O3. The standard InChI is InChI=1S/C14H19ClN2O3/c1-9-7-17(8-10(2)20-9)14(18)16-12-6-11(15)4-5-13(12)19-3/h4-6,9-10H,7-8H2,1-3H3,(H,16,18)/t9-,10+. The fourth-order valence-electron chi connectivity index (χ4n) is 2.32. The molecule has 2 rings (SSSR count). The molecule has 6 heteroatoms. The molecule has 0 saturated carbocycles. The van der Waals surface area contributed by atoms with Gasteiger partial charge in [0.2, 0.25) is 0 Å². The van der Waals surface area contributed by atoms with Gasteiger partial charge in [0.05, 0.1) is 25.0 Å². The Morgan fingerprint density at radius 1 is 1.40 bits per heavy atom. The van der Waals surface area contributed by atoms with Crippen molar-refractivity contribution in [3.63, 3.8) is 0 Å². The van der Waals surface area contributed by atoms with Gasteiger partial charge in [-0.1, -0.05) is 11.6 Å². The van der Waals surface area contributed by atoms with E-state index in [4.69, 9.17) is 21.1 Å². The highest BCUT2D eigenvalue weighted by Gasteiger charge is 2.26. The van der Waals surface area contributed by atoms with Crippen molar-refractivity contribution in [3.8, 4) is 5.75 Å². The molecule has 0 radical (unpaired) electrons. The molecule has 1 aliphatic rings. The molecule has 1 aliphatic heterocycles. The topological polar surface area (TPSA) is 50.8 Å². The fraction of sp³-hybridized carbons (Fsp3) is 0.500. The summed E-state index contributed by atoms with van der Waals surface area (Å²) < 4.78 is 10.8. The van der Waals surface area contributed by atoms with E-state index < -0.39 is 0 Å². The third-order valence-corrected chi connectivity index (χ3v) is 3.35. The van der Waals surface area contributed by atoms with Crippen LogP contribution in [-0.2, 0) is 4.74 Å². The Balaban J connectivity index is 2.09. The Hall–Kier alpha value is -1.46. The smallest absolute Gasteiger partial charge is 0.322 e. The Morgan fingerprint density at radius 3 is 2.65 bits per heavy atom. The predicted octanol–water partition coefficient (Wildman–Crippen LogP) is 2.99. The number of carbonyl (C=O) groups excluding carboxylic acids is 1. The fourth-order valence-corrected chi connectivity index (χ4v) is 2.49. The second kappa shape index (κ2) is 6.33. The van der Waals surface area contributed by atoms with E-state index in [1.165, 1.54) is 0 Å². The van der Waals surface area contributed by atoms with Crippen LogP contribution >= 0.6 is 11.6 Å². The third-order valence-electron chi connectivity index (χ3n) is 3.11. The first-order valence-corrected chi connectivity index (χ1v) is 6.92. The van der Waals surface area contributed by atoms with Gasteiger partial charge in [-0.05, 0) is 32.0 Å². The number of hydrogen-bond donors (Lipinski definition) is 1. The number of halogens is 1. The molecule has 1 aromatic rings. The molecule has 20 heavy (non-hydrogen) atoms. The number of anilines is 1. The molecule has 2 atom stereocenters. The van der Waals surface area contributed by atoms with Crippen molar-refractivity contribution in [2.24, 2.45) is 0 Å². The number of nitrogens with one attached hydrogen (secondary N) is 1. The van der Waals surface area contributed by atoms with E-state index in [1.807, 2.05) is 13.8 Å². The van der Waals surface area contributed by atoms with E-state index in [0.717, 1.165) is 0 Å². The molecule has 2 amide bonds. The van der Waals surface area contributed by atoms with E-state index in [2.05, 4.69) is 5.32 Å². The highest BCUT2D eigenvalue weighted by atomic mass is 35.5. The Bertz CT molecular complexity index is 485. The van der Waals surface area contributed by atoms with Crippen molar-refractivity contribution in [1.82, 2.24) is 4.90 Å². The Morgan fingerprint density at radius 2 is 2.05 bits per heavy atom. The number of benzene rings is 1. The summed E-state index contributed by atoms with van der Waals surface area (Å²) in [6, 6.07) is 4.94. The van der Waals surface area contributed by atoms with Crippen LogP contribution in [0, 0.1) is 0 Å². The van der Waals surface area contributed by atoms with E-state index >= 15 is 0 Å². The third kappa shape index (κ3) is 3.55. The molecule has 5 nitrogen and oxygen atoms in total. The lowest BCUT2D eigenvalue weighted by atomic mass is 10.2. The van der Waals surface area contributed by atoms with E-state index in [0.29, 0.717) is 29.5 Å². The molecule has 1 N–H and O–H groups in total. The van der Waals surface area contributed by atoms with Gasteiger partial charge in [-0.3, -0.25) is 0 Å². The lowest BCUT2D eigenvalue weighted by Crippen LogP contribution is -2.49. The number of hydrogen-bond acceptors (Lipinski definition) is 3. The van der Waals surface area contributed by atoms with Crippen LogP contribution in [0.1, 0.15) is 13.8 Å². The van der Waals surface area contributed by atoms with Crippen LogP contribution in [0.25, 0.3) is 0 Å². The number of rotatable bonds is 2. The number of nitrogens with zero attached hydrogens (tertiary/aromatic N) is 1. The van der Waals surface area contributed by atoms with Gasteiger partial charge in [0.1, 0.15) is 5.75 Å². The van der Waals surface area contributed by atoms with Crippen LogP contribution in [0.2, 0.25) is 5.02 Å². The van der Waals surface area contributed by atoms with Gasteiger partial charge in [0, 0.05) is 18.1 Å². The molecule has 0 unspecified atom stereocenters. The zero-order valence-corrected chi connectivity index (χ0v) is 12.6. The molecule has 0 aliphatic carbocycles. The maximum absolute atomic E-state index is 12.3. The normalized spacial score (nSPS) is 22.5. The zero-order chi connectivity index (χ0) is 14.7. The van der Waals surface area contributed by atoms with Gasteiger partial charge < -0.3 is 19.7 Å². The van der Waals surface area contributed by atoms with Crippen molar-refractivity contribution in [1.29, 1.82) is 0 Å². The predicted molar refractivity (Wildman–Crippen MR) is 78.6 cm³/mol. The summed E-state index contributed by atoms with van der Waals surface area (Å²) in [5.41, 5.74) is 0.566. The van der Waals surface area contributed by atoms with Crippen molar-refractivity contribution in [2.45, 2.75) is 26.1 Å². The molecule has 1 fully saturated rings. The molecule has 1 aromatic carbocycles. The highest BCUT2D eigenvalue weighted by Crippen LogP contribution is 2.28. The average Bonchev–Trinajstić information content (AvgIpc) is 2.37. The minimum absolute atomic E-state index is 0.0331. The number of urea groups is 1. The maximum Gasteiger partial charge on any atom is 0.322 e. The van der Waals surface area contributed by atoms with Crippen LogP contribution in [0.4, 0.5) is 10.5 Å². The molecule has 1 heterocycles. The van der Waals surface area contributed by atoms with E-state index in [1.54, 1.807) is 30.2 Å². The number of amides is 2. The van der Waals surface area contributed by atoms with Crippen LogP contribution in [-0.4, -0.2) is 43.3 Å². The number of morpholine rings is 1. The number of carbonyl (C=O) groups is 1. The summed E-state index contributed by atoms with van der Waals surface area (Å²) in [6.45, 7) is 5.05. The lowest BCUT2D eigenvalue weighted by Gasteiger charge is -2.35. The minimum atomic E-state index is -0.174. The quantitative estimate of drug-likeness (QED) is 0.913. The van der Waals surface area contributed by atoms with Gasteiger partial charge in [-0.15, -0.1) is 0 Å². The van der Waals surface area contributed by atoms with Crippen LogP contribution in [0.5, 0.6) is 5.75 Å². The minimum Gasteiger partial charge on any atom is -0.495 e. The van der Waals surface area contributed by atoms with E-state index in [9.17, 15) is 4.79 Å². The van der Waals surface area contributed by atoms with Gasteiger partial charge in [0.25, 0.3) is 0 Å². The Labute approximate surface area is 123 Å². The van der Waals surface area contributed by atoms with Gasteiger partial charge in [-0.25, -0.2) is 4.79 Å². The highest BCUT2D eigenvalue weighted by molar-refractivity contribution is 6.31. The zero-order valence-electron chi connectivity index (χ0n) is 11.9. The monoisotopic (exact) mass is 298 g/mol. The number of methoxy groups -OCH3 is 1. The van der Waals surface area contributed by atoms with Crippen molar-refractivity contribution >= 4 is 23.3 Å². The number of ether oxygens (including phenoxy) is 2. The van der Waals surface area contributed by atoms with Gasteiger partial charge in [-0.2, -0.15) is 0 Å². The first kappa shape index (κ1) is 14.9. The van der Waals surface area contributed by atoms with Gasteiger partial charge in [0.15, 0.2) is 0 Å². The molecule has 1 saturated heterocycles. The summed E-state index contributed by atoms with van der Waals surface area (Å²) in [5.74, 6) is 0.581. The van der Waals surface area contributed by atoms with Crippen molar-refractivity contribution in [3.05, 3.63) is 23.2 Å². The second-order valence-corrected chi connectivity index (χ2v) is 5.37.